The predicted molar refractivity (Wildman–Crippen MR) is 93.0 cm³/mol. The molecule has 0 aliphatic heterocycles. The van der Waals surface area contributed by atoms with Gasteiger partial charge in [-0.15, -0.1) is 0 Å². The van der Waals surface area contributed by atoms with Crippen LogP contribution in [0.3, 0.4) is 0 Å². The van der Waals surface area contributed by atoms with E-state index in [0.29, 0.717) is 22.5 Å². The third-order valence-electron chi connectivity index (χ3n) is 3.70. The lowest BCUT2D eigenvalue weighted by Gasteiger charge is -2.12. The molecule has 26 heavy (non-hydrogen) atoms. The number of aromatic nitrogens is 4. The molecule has 3 aromatic rings. The molecular weight excluding hydrogens is 336 g/mol. The van der Waals surface area contributed by atoms with E-state index in [2.05, 4.69) is 19.7 Å². The van der Waals surface area contributed by atoms with Crippen molar-refractivity contribution in [1.29, 1.82) is 0 Å². The van der Waals surface area contributed by atoms with Crippen LogP contribution in [-0.4, -0.2) is 39.7 Å². The van der Waals surface area contributed by atoms with Gasteiger partial charge in [-0.3, -0.25) is 19.3 Å². The average molecular weight is 352 g/mol. The Hall–Kier alpha value is -3.55. The Balaban J connectivity index is 1.99. The number of ether oxygens (including phenoxy) is 2. The second-order valence-electron chi connectivity index (χ2n) is 5.29. The van der Waals surface area contributed by atoms with Gasteiger partial charge in [-0.1, -0.05) is 6.07 Å². The molecule has 0 fully saturated rings. The maximum atomic E-state index is 12.9. The summed E-state index contributed by atoms with van der Waals surface area (Å²) in [4.78, 5) is 36.9. The summed E-state index contributed by atoms with van der Waals surface area (Å²) >= 11 is 0. The van der Waals surface area contributed by atoms with Crippen LogP contribution < -0.4 is 10.3 Å². The number of hydrogen-bond donors (Lipinski definition) is 0. The highest BCUT2D eigenvalue weighted by atomic mass is 16.5. The molecule has 3 aromatic heterocycles. The maximum absolute atomic E-state index is 12.9. The minimum atomic E-state index is -0.474. The number of esters is 1. The summed E-state index contributed by atoms with van der Waals surface area (Å²) in [5.74, 6) is -0.474. The quantitative estimate of drug-likeness (QED) is 0.643. The summed E-state index contributed by atoms with van der Waals surface area (Å²) < 4.78 is 11.2. The number of carbonyl (C=O) groups is 1. The van der Waals surface area contributed by atoms with E-state index in [1.165, 1.54) is 31.2 Å². The largest absolute Gasteiger partial charge is 0.468 e. The third-order valence-corrected chi connectivity index (χ3v) is 3.70. The molecule has 0 saturated carbocycles. The number of methoxy groups -OCH3 is 2. The summed E-state index contributed by atoms with van der Waals surface area (Å²) in [7, 11) is 2.74. The predicted octanol–water partition coefficient (Wildman–Crippen LogP) is 1.54. The summed E-state index contributed by atoms with van der Waals surface area (Å²) in [5.41, 5.74) is 1.48. The molecular formula is C18H16N4O4. The van der Waals surface area contributed by atoms with Crippen molar-refractivity contribution in [2.75, 3.05) is 14.2 Å². The molecule has 132 valence electrons. The van der Waals surface area contributed by atoms with Crippen LogP contribution in [0.25, 0.3) is 11.3 Å². The van der Waals surface area contributed by atoms with E-state index < -0.39 is 5.97 Å². The fourth-order valence-corrected chi connectivity index (χ4v) is 2.40. The van der Waals surface area contributed by atoms with Gasteiger partial charge >= 0.3 is 5.97 Å². The minimum Gasteiger partial charge on any atom is -0.468 e. The van der Waals surface area contributed by atoms with Gasteiger partial charge in [-0.05, 0) is 24.3 Å². The zero-order chi connectivity index (χ0) is 18.5. The van der Waals surface area contributed by atoms with Crippen LogP contribution in [0.15, 0.2) is 53.7 Å². The van der Waals surface area contributed by atoms with E-state index in [1.807, 2.05) is 0 Å². The molecule has 0 amide bonds. The highest BCUT2D eigenvalue weighted by molar-refractivity contribution is 5.88. The summed E-state index contributed by atoms with van der Waals surface area (Å²) in [6.07, 6.45) is 4.44. The first kappa shape index (κ1) is 17.3. The molecule has 0 spiro atoms. The molecule has 0 N–H and O–H groups in total. The number of rotatable bonds is 5. The van der Waals surface area contributed by atoms with Gasteiger partial charge in [0.15, 0.2) is 0 Å². The fraction of sp³-hybridized carbons (Fsp3) is 0.167. The fourth-order valence-electron chi connectivity index (χ4n) is 2.40. The van der Waals surface area contributed by atoms with Gasteiger partial charge in [0.1, 0.15) is 0 Å². The van der Waals surface area contributed by atoms with Gasteiger partial charge in [-0.25, -0.2) is 9.78 Å². The van der Waals surface area contributed by atoms with Crippen LogP contribution in [0.5, 0.6) is 6.01 Å². The highest BCUT2D eigenvalue weighted by Crippen LogP contribution is 2.14. The van der Waals surface area contributed by atoms with Gasteiger partial charge in [-0.2, -0.15) is 0 Å². The lowest BCUT2D eigenvalue weighted by molar-refractivity contribution is 0.0600. The van der Waals surface area contributed by atoms with Crippen molar-refractivity contribution in [3.63, 3.8) is 0 Å². The van der Waals surface area contributed by atoms with E-state index >= 15 is 0 Å². The number of nitrogens with zero attached hydrogens (tertiary/aromatic N) is 4. The first-order chi connectivity index (χ1) is 12.6. The molecule has 0 atom stereocenters. The number of pyridine rings is 2. The Bertz CT molecular complexity index is 969. The van der Waals surface area contributed by atoms with Crippen molar-refractivity contribution in [3.8, 4) is 17.3 Å². The van der Waals surface area contributed by atoms with Gasteiger partial charge < -0.3 is 9.47 Å². The standard InChI is InChI=1S/C18H16N4O4/c1-25-17(24)12-6-7-13(20-9-12)11-22-16(23)14(10-21-18(22)26-2)15-5-3-4-8-19-15/h3-10H,11H2,1-2H3. The van der Waals surface area contributed by atoms with Crippen molar-refractivity contribution in [2.24, 2.45) is 0 Å². The molecule has 0 bridgehead atoms. The molecule has 0 saturated heterocycles. The zero-order valence-corrected chi connectivity index (χ0v) is 14.2. The Morgan fingerprint density at radius 1 is 1.08 bits per heavy atom. The Labute approximate surface area is 149 Å². The van der Waals surface area contributed by atoms with Crippen LogP contribution in [0.1, 0.15) is 16.1 Å². The van der Waals surface area contributed by atoms with Crippen LogP contribution in [0, 0.1) is 0 Å². The van der Waals surface area contributed by atoms with Crippen LogP contribution >= 0.6 is 0 Å². The van der Waals surface area contributed by atoms with Crippen LogP contribution in [-0.2, 0) is 11.3 Å². The summed E-state index contributed by atoms with van der Waals surface area (Å²) in [6, 6.07) is 8.69. The second-order valence-corrected chi connectivity index (χ2v) is 5.29. The van der Waals surface area contributed by atoms with E-state index in [9.17, 15) is 9.59 Å². The van der Waals surface area contributed by atoms with E-state index in [4.69, 9.17) is 4.74 Å². The summed E-state index contributed by atoms with van der Waals surface area (Å²) in [5, 5.41) is 0. The normalized spacial score (nSPS) is 10.4. The highest BCUT2D eigenvalue weighted by Gasteiger charge is 2.14. The second kappa shape index (κ2) is 7.56. The van der Waals surface area contributed by atoms with E-state index in [1.54, 1.807) is 36.5 Å². The lowest BCUT2D eigenvalue weighted by atomic mass is 10.2. The average Bonchev–Trinajstić information content (AvgIpc) is 2.70. The van der Waals surface area contributed by atoms with Crippen molar-refractivity contribution < 1.29 is 14.3 Å². The van der Waals surface area contributed by atoms with E-state index in [0.717, 1.165) is 0 Å². The minimum absolute atomic E-state index is 0.136. The molecule has 8 nitrogen and oxygen atoms in total. The van der Waals surface area contributed by atoms with Crippen LogP contribution in [0.4, 0.5) is 0 Å². The van der Waals surface area contributed by atoms with E-state index in [-0.39, 0.29) is 18.1 Å². The summed E-state index contributed by atoms with van der Waals surface area (Å²) in [6.45, 7) is 0.136. The van der Waals surface area contributed by atoms with Gasteiger partial charge in [0, 0.05) is 18.6 Å². The molecule has 0 aliphatic rings. The monoisotopic (exact) mass is 352 g/mol. The molecule has 0 aromatic carbocycles. The SMILES string of the molecule is COC(=O)c1ccc(Cn2c(OC)ncc(-c3ccccn3)c2=O)nc1. The third kappa shape index (κ3) is 3.44. The lowest BCUT2D eigenvalue weighted by Crippen LogP contribution is -2.25. The maximum Gasteiger partial charge on any atom is 0.339 e. The Morgan fingerprint density at radius 2 is 1.92 bits per heavy atom. The topological polar surface area (TPSA) is 96.2 Å². The van der Waals surface area contributed by atoms with Crippen molar-refractivity contribution >= 4 is 5.97 Å². The molecule has 3 rings (SSSR count). The van der Waals surface area contributed by atoms with Gasteiger partial charge in [0.2, 0.25) is 0 Å². The Morgan fingerprint density at radius 3 is 2.54 bits per heavy atom. The van der Waals surface area contributed by atoms with Gasteiger partial charge in [0.05, 0.1) is 43.3 Å². The molecule has 8 heteroatoms. The molecule has 3 heterocycles. The Kier molecular flexibility index (Phi) is 5.02. The first-order valence-electron chi connectivity index (χ1n) is 7.72. The zero-order valence-electron chi connectivity index (χ0n) is 14.2. The van der Waals surface area contributed by atoms with Crippen molar-refractivity contribution in [1.82, 2.24) is 19.5 Å². The molecule has 0 unspecified atom stereocenters. The van der Waals surface area contributed by atoms with Crippen molar-refractivity contribution in [2.45, 2.75) is 6.54 Å². The smallest absolute Gasteiger partial charge is 0.339 e. The molecule has 0 aliphatic carbocycles. The van der Waals surface area contributed by atoms with Crippen LogP contribution in [0.2, 0.25) is 0 Å². The number of carbonyl (C=O) groups excluding carboxylic acids is 1. The van der Waals surface area contributed by atoms with Crippen molar-refractivity contribution in [3.05, 3.63) is 70.5 Å². The first-order valence-corrected chi connectivity index (χ1v) is 7.72. The van der Waals surface area contributed by atoms with Gasteiger partial charge in [0.25, 0.3) is 11.6 Å². The molecule has 0 radical (unpaired) electrons. The number of hydrogen-bond acceptors (Lipinski definition) is 7.